The van der Waals surface area contributed by atoms with Gasteiger partial charge in [-0.1, -0.05) is 26.0 Å². The maximum atomic E-state index is 12.3. The summed E-state index contributed by atoms with van der Waals surface area (Å²) in [6, 6.07) is 8.59. The number of hydrogen-bond acceptors (Lipinski definition) is 2. The quantitative estimate of drug-likeness (QED) is 0.876. The van der Waals surface area contributed by atoms with Crippen LogP contribution in [0.3, 0.4) is 0 Å². The summed E-state index contributed by atoms with van der Waals surface area (Å²) in [6.07, 6.45) is 1.86. The van der Waals surface area contributed by atoms with Crippen LogP contribution in [-0.4, -0.2) is 18.5 Å². The molecule has 2 atom stereocenters. The molecule has 3 heteroatoms. The van der Waals surface area contributed by atoms with Gasteiger partial charge in [0.25, 0.3) is 0 Å². The molecule has 0 radical (unpaired) electrons. The van der Waals surface area contributed by atoms with Crippen LogP contribution in [0, 0.1) is 5.92 Å². The van der Waals surface area contributed by atoms with E-state index in [9.17, 15) is 4.79 Å². The second-order valence-electron chi connectivity index (χ2n) is 5.85. The molecule has 1 amide bonds. The van der Waals surface area contributed by atoms with Crippen molar-refractivity contribution in [2.24, 2.45) is 5.92 Å². The summed E-state index contributed by atoms with van der Waals surface area (Å²) in [7, 11) is 0. The average Bonchev–Trinajstić information content (AvgIpc) is 2.39. The van der Waals surface area contributed by atoms with E-state index in [2.05, 4.69) is 43.5 Å². The van der Waals surface area contributed by atoms with E-state index < -0.39 is 0 Å². The topological polar surface area (TPSA) is 41.1 Å². The minimum absolute atomic E-state index is 0.138. The maximum Gasteiger partial charge on any atom is 0.227 e. The number of benzene rings is 1. The van der Waals surface area contributed by atoms with E-state index >= 15 is 0 Å². The Balaban J connectivity index is 2.00. The van der Waals surface area contributed by atoms with Crippen LogP contribution in [0.1, 0.15) is 45.1 Å². The molecule has 19 heavy (non-hydrogen) atoms. The van der Waals surface area contributed by atoms with E-state index in [1.54, 1.807) is 0 Å². The SMILES string of the molecule is CC1CC(C(=O)Nc2cccc(C(C)C)c2)CCN1. The molecule has 0 aliphatic carbocycles. The van der Waals surface area contributed by atoms with Crippen LogP contribution >= 0.6 is 0 Å². The highest BCUT2D eigenvalue weighted by molar-refractivity contribution is 5.92. The third-order valence-corrected chi connectivity index (χ3v) is 3.82. The first-order chi connectivity index (χ1) is 9.06. The summed E-state index contributed by atoms with van der Waals surface area (Å²) in [5.41, 5.74) is 2.18. The second-order valence-corrected chi connectivity index (χ2v) is 5.85. The third kappa shape index (κ3) is 3.80. The van der Waals surface area contributed by atoms with Crippen LogP contribution in [0.2, 0.25) is 0 Å². The van der Waals surface area contributed by atoms with Gasteiger partial charge in [-0.15, -0.1) is 0 Å². The van der Waals surface area contributed by atoms with Crippen LogP contribution < -0.4 is 10.6 Å². The predicted molar refractivity (Wildman–Crippen MR) is 79.3 cm³/mol. The maximum absolute atomic E-state index is 12.3. The van der Waals surface area contributed by atoms with Crippen LogP contribution in [0.5, 0.6) is 0 Å². The summed E-state index contributed by atoms with van der Waals surface area (Å²) in [6.45, 7) is 7.40. The number of piperidine rings is 1. The predicted octanol–water partition coefficient (Wildman–Crippen LogP) is 3.14. The number of carbonyl (C=O) groups is 1. The highest BCUT2D eigenvalue weighted by atomic mass is 16.1. The van der Waals surface area contributed by atoms with Crippen molar-refractivity contribution in [2.45, 2.75) is 45.6 Å². The van der Waals surface area contributed by atoms with Crippen molar-refractivity contribution in [1.29, 1.82) is 0 Å². The second kappa shape index (κ2) is 6.20. The molecule has 1 fully saturated rings. The lowest BCUT2D eigenvalue weighted by Gasteiger charge is -2.27. The van der Waals surface area contributed by atoms with Gasteiger partial charge in [0, 0.05) is 17.6 Å². The molecule has 2 unspecified atom stereocenters. The van der Waals surface area contributed by atoms with Crippen LogP contribution in [-0.2, 0) is 4.79 Å². The van der Waals surface area contributed by atoms with E-state index in [-0.39, 0.29) is 11.8 Å². The Morgan fingerprint density at radius 1 is 1.42 bits per heavy atom. The van der Waals surface area contributed by atoms with Gasteiger partial charge in [0.1, 0.15) is 0 Å². The molecule has 1 aromatic rings. The van der Waals surface area contributed by atoms with E-state index in [0.717, 1.165) is 25.1 Å². The highest BCUT2D eigenvalue weighted by Gasteiger charge is 2.24. The fraction of sp³-hybridized carbons (Fsp3) is 0.562. The minimum atomic E-state index is 0.138. The van der Waals surface area contributed by atoms with Crippen molar-refractivity contribution in [3.63, 3.8) is 0 Å². The van der Waals surface area contributed by atoms with Gasteiger partial charge in [0.15, 0.2) is 0 Å². The third-order valence-electron chi connectivity index (χ3n) is 3.82. The van der Waals surface area contributed by atoms with Crippen molar-refractivity contribution in [3.05, 3.63) is 29.8 Å². The number of anilines is 1. The monoisotopic (exact) mass is 260 g/mol. The molecule has 1 saturated heterocycles. The summed E-state index contributed by atoms with van der Waals surface area (Å²) in [4.78, 5) is 12.3. The molecule has 0 saturated carbocycles. The Labute approximate surface area is 115 Å². The van der Waals surface area contributed by atoms with E-state index in [1.807, 2.05) is 12.1 Å². The fourth-order valence-corrected chi connectivity index (χ4v) is 2.59. The summed E-state index contributed by atoms with van der Waals surface area (Å²) < 4.78 is 0. The molecular weight excluding hydrogens is 236 g/mol. The van der Waals surface area contributed by atoms with Crippen LogP contribution in [0.25, 0.3) is 0 Å². The zero-order valence-electron chi connectivity index (χ0n) is 12.1. The Kier molecular flexibility index (Phi) is 4.59. The summed E-state index contributed by atoms with van der Waals surface area (Å²) >= 11 is 0. The molecule has 3 nitrogen and oxygen atoms in total. The standard InChI is InChI=1S/C16H24N2O/c1-11(2)13-5-4-6-15(10-13)18-16(19)14-7-8-17-12(3)9-14/h4-6,10-12,14,17H,7-9H2,1-3H3,(H,18,19). The van der Waals surface area contributed by atoms with Gasteiger partial charge in [0.05, 0.1) is 0 Å². The Hall–Kier alpha value is -1.35. The molecular formula is C16H24N2O. The van der Waals surface area contributed by atoms with Gasteiger partial charge in [-0.05, 0) is 49.9 Å². The Morgan fingerprint density at radius 2 is 2.21 bits per heavy atom. The fourth-order valence-electron chi connectivity index (χ4n) is 2.59. The van der Waals surface area contributed by atoms with Gasteiger partial charge >= 0.3 is 0 Å². The summed E-state index contributed by atoms with van der Waals surface area (Å²) in [5.74, 6) is 0.781. The first-order valence-electron chi connectivity index (χ1n) is 7.20. The molecule has 2 rings (SSSR count). The van der Waals surface area contributed by atoms with E-state index in [0.29, 0.717) is 12.0 Å². The average molecular weight is 260 g/mol. The normalized spacial score (nSPS) is 23.4. The van der Waals surface area contributed by atoms with Gasteiger partial charge in [-0.3, -0.25) is 4.79 Å². The molecule has 1 aliphatic heterocycles. The van der Waals surface area contributed by atoms with Gasteiger partial charge in [-0.2, -0.15) is 0 Å². The molecule has 1 aliphatic rings. The lowest BCUT2D eigenvalue weighted by atomic mass is 9.92. The zero-order chi connectivity index (χ0) is 13.8. The molecule has 1 heterocycles. The van der Waals surface area contributed by atoms with Crippen molar-refractivity contribution in [3.8, 4) is 0 Å². The highest BCUT2D eigenvalue weighted by Crippen LogP contribution is 2.21. The number of carbonyl (C=O) groups excluding carboxylic acids is 1. The minimum Gasteiger partial charge on any atom is -0.326 e. The van der Waals surface area contributed by atoms with E-state index in [4.69, 9.17) is 0 Å². The Morgan fingerprint density at radius 3 is 2.89 bits per heavy atom. The van der Waals surface area contributed by atoms with Crippen molar-refractivity contribution in [1.82, 2.24) is 5.32 Å². The van der Waals surface area contributed by atoms with Crippen molar-refractivity contribution in [2.75, 3.05) is 11.9 Å². The first kappa shape index (κ1) is 14.1. The largest absolute Gasteiger partial charge is 0.326 e. The van der Waals surface area contributed by atoms with Gasteiger partial charge < -0.3 is 10.6 Å². The smallest absolute Gasteiger partial charge is 0.227 e. The van der Waals surface area contributed by atoms with Crippen molar-refractivity contribution >= 4 is 11.6 Å². The number of nitrogens with one attached hydrogen (secondary N) is 2. The number of hydrogen-bond donors (Lipinski definition) is 2. The number of rotatable bonds is 3. The van der Waals surface area contributed by atoms with Crippen LogP contribution in [0.4, 0.5) is 5.69 Å². The molecule has 104 valence electrons. The van der Waals surface area contributed by atoms with E-state index in [1.165, 1.54) is 5.56 Å². The molecule has 2 N–H and O–H groups in total. The van der Waals surface area contributed by atoms with Crippen molar-refractivity contribution < 1.29 is 4.79 Å². The lowest BCUT2D eigenvalue weighted by molar-refractivity contribution is -0.120. The molecule has 1 aromatic carbocycles. The molecule has 0 spiro atoms. The first-order valence-corrected chi connectivity index (χ1v) is 7.20. The molecule has 0 bridgehead atoms. The van der Waals surface area contributed by atoms with Gasteiger partial charge in [-0.25, -0.2) is 0 Å². The Bertz CT molecular complexity index is 442. The number of amides is 1. The zero-order valence-corrected chi connectivity index (χ0v) is 12.1. The summed E-state index contributed by atoms with van der Waals surface area (Å²) in [5, 5.41) is 6.44. The lowest BCUT2D eigenvalue weighted by Crippen LogP contribution is -2.40. The van der Waals surface area contributed by atoms with Crippen LogP contribution in [0.15, 0.2) is 24.3 Å². The molecule has 0 aromatic heterocycles. The van der Waals surface area contributed by atoms with Gasteiger partial charge in [0.2, 0.25) is 5.91 Å².